The molecule has 2 unspecified atom stereocenters. The summed E-state index contributed by atoms with van der Waals surface area (Å²) in [6.45, 7) is 4.25. The van der Waals surface area contributed by atoms with Crippen LogP contribution < -0.4 is 5.32 Å². The molecule has 240 valence electrons. The molecule has 0 spiro atoms. The molecular formula is C36H67NO4. The van der Waals surface area contributed by atoms with Gasteiger partial charge in [0, 0.05) is 6.42 Å². The van der Waals surface area contributed by atoms with Crippen molar-refractivity contribution in [3.8, 4) is 0 Å². The van der Waals surface area contributed by atoms with Crippen molar-refractivity contribution in [1.29, 1.82) is 0 Å². The van der Waals surface area contributed by atoms with Gasteiger partial charge in [0.2, 0.25) is 5.91 Å². The molecule has 1 heterocycles. The topological polar surface area (TPSA) is 82.1 Å². The van der Waals surface area contributed by atoms with Gasteiger partial charge in [-0.2, -0.15) is 0 Å². The lowest BCUT2D eigenvalue weighted by atomic mass is 10.0. The largest absolute Gasteiger partial charge is 0.394 e. The second-order valence-corrected chi connectivity index (χ2v) is 12.3. The van der Waals surface area contributed by atoms with Gasteiger partial charge in [-0.05, 0) is 44.9 Å². The predicted molar refractivity (Wildman–Crippen MR) is 174 cm³/mol. The van der Waals surface area contributed by atoms with E-state index in [0.717, 1.165) is 44.9 Å². The van der Waals surface area contributed by atoms with Crippen LogP contribution in [0.1, 0.15) is 168 Å². The van der Waals surface area contributed by atoms with Crippen LogP contribution in [0.15, 0.2) is 24.3 Å². The third-order valence-electron chi connectivity index (χ3n) is 8.35. The van der Waals surface area contributed by atoms with Gasteiger partial charge < -0.3 is 20.3 Å². The smallest absolute Gasteiger partial charge is 0.220 e. The van der Waals surface area contributed by atoms with E-state index in [0.29, 0.717) is 18.6 Å². The van der Waals surface area contributed by atoms with Crippen molar-refractivity contribution < 1.29 is 19.7 Å². The molecule has 0 bridgehead atoms. The summed E-state index contributed by atoms with van der Waals surface area (Å²) in [5, 5.41) is 22.9. The van der Waals surface area contributed by atoms with Crippen molar-refractivity contribution in [2.75, 3.05) is 6.61 Å². The van der Waals surface area contributed by atoms with E-state index in [1.807, 2.05) is 6.08 Å². The van der Waals surface area contributed by atoms with E-state index in [1.54, 1.807) is 6.08 Å². The standard InChI is InChI=1S/C36H67NO4/c1-3-5-7-9-11-12-13-14-15-16-17-19-23-27-33(39)32(31-38)37-36(40)30-26-22-18-21-25-29-35-34(41-35)28-24-20-10-8-6-4-2/h20,23-24,27,32-35,38-39H,3-19,21-22,25-26,28-31H2,1-2H3,(H,37,40)/b24-20-,27-23+/t32-,33+,34?,35?/m0/s1. The minimum absolute atomic E-state index is 0.0844. The van der Waals surface area contributed by atoms with Gasteiger partial charge in [0.25, 0.3) is 0 Å². The molecule has 5 heteroatoms. The molecule has 5 nitrogen and oxygen atoms in total. The average molecular weight is 578 g/mol. The van der Waals surface area contributed by atoms with Crippen molar-refractivity contribution in [1.82, 2.24) is 5.32 Å². The van der Waals surface area contributed by atoms with E-state index in [9.17, 15) is 15.0 Å². The molecule has 1 saturated heterocycles. The summed E-state index contributed by atoms with van der Waals surface area (Å²) in [6, 6.07) is -0.631. The zero-order chi connectivity index (χ0) is 29.8. The van der Waals surface area contributed by atoms with Crippen molar-refractivity contribution in [3.63, 3.8) is 0 Å². The van der Waals surface area contributed by atoms with Crippen molar-refractivity contribution >= 4 is 5.91 Å². The lowest BCUT2D eigenvalue weighted by molar-refractivity contribution is -0.123. The Kier molecular flexibility index (Phi) is 25.5. The van der Waals surface area contributed by atoms with Gasteiger partial charge >= 0.3 is 0 Å². The van der Waals surface area contributed by atoms with E-state index in [-0.39, 0.29) is 12.5 Å². The average Bonchev–Trinajstić information content (AvgIpc) is 3.73. The number of hydrogen-bond acceptors (Lipinski definition) is 4. The first-order valence-corrected chi connectivity index (χ1v) is 17.7. The molecule has 0 aromatic carbocycles. The maximum Gasteiger partial charge on any atom is 0.220 e. The quantitative estimate of drug-likeness (QED) is 0.0452. The Labute approximate surface area is 254 Å². The first-order chi connectivity index (χ1) is 20.1. The van der Waals surface area contributed by atoms with Gasteiger partial charge in [-0.25, -0.2) is 0 Å². The molecule has 0 radical (unpaired) electrons. The summed E-state index contributed by atoms with van der Waals surface area (Å²) in [4.78, 5) is 12.3. The van der Waals surface area contributed by atoms with Gasteiger partial charge in [0.05, 0.1) is 31.0 Å². The van der Waals surface area contributed by atoms with Crippen LogP contribution in [0.3, 0.4) is 0 Å². The summed E-state index contributed by atoms with van der Waals surface area (Å²) in [5.41, 5.74) is 0. The number of unbranched alkanes of at least 4 members (excludes halogenated alkanes) is 18. The third-order valence-corrected chi connectivity index (χ3v) is 8.35. The lowest BCUT2D eigenvalue weighted by Gasteiger charge is -2.20. The maximum absolute atomic E-state index is 12.3. The predicted octanol–water partition coefficient (Wildman–Crippen LogP) is 9.11. The first-order valence-electron chi connectivity index (χ1n) is 17.7. The third kappa shape index (κ3) is 23.0. The zero-order valence-corrected chi connectivity index (χ0v) is 27.0. The summed E-state index contributed by atoms with van der Waals surface area (Å²) < 4.78 is 5.79. The fourth-order valence-electron chi connectivity index (χ4n) is 5.48. The number of allylic oxidation sites excluding steroid dienone is 2. The van der Waals surface area contributed by atoms with Crippen LogP contribution in [0, 0.1) is 0 Å². The maximum atomic E-state index is 12.3. The van der Waals surface area contributed by atoms with Crippen LogP contribution in [-0.2, 0) is 9.53 Å². The Balaban J connectivity index is 1.95. The Hall–Kier alpha value is -1.17. The number of aliphatic hydroxyl groups is 2. The number of amides is 1. The van der Waals surface area contributed by atoms with Crippen LogP contribution in [0.2, 0.25) is 0 Å². The summed E-state index contributed by atoms with van der Waals surface area (Å²) in [6.07, 6.45) is 37.0. The van der Waals surface area contributed by atoms with Gasteiger partial charge in [0.1, 0.15) is 0 Å². The van der Waals surface area contributed by atoms with E-state index in [4.69, 9.17) is 4.74 Å². The van der Waals surface area contributed by atoms with E-state index >= 15 is 0 Å². The minimum Gasteiger partial charge on any atom is -0.394 e. The molecule has 1 fully saturated rings. The number of nitrogens with one attached hydrogen (secondary N) is 1. The highest BCUT2D eigenvalue weighted by molar-refractivity contribution is 5.76. The number of ether oxygens (including phenoxy) is 1. The van der Waals surface area contributed by atoms with Crippen LogP contribution in [-0.4, -0.2) is 47.1 Å². The Morgan fingerprint density at radius 3 is 1.90 bits per heavy atom. The van der Waals surface area contributed by atoms with Crippen LogP contribution >= 0.6 is 0 Å². The van der Waals surface area contributed by atoms with Crippen LogP contribution in [0.25, 0.3) is 0 Å². The highest BCUT2D eigenvalue weighted by atomic mass is 16.6. The molecule has 0 aliphatic carbocycles. The first kappa shape index (κ1) is 37.9. The van der Waals surface area contributed by atoms with E-state index in [2.05, 4.69) is 31.3 Å². The number of epoxide rings is 1. The molecule has 0 aromatic rings. The lowest BCUT2D eigenvalue weighted by Crippen LogP contribution is -2.45. The highest BCUT2D eigenvalue weighted by Crippen LogP contribution is 2.30. The molecule has 1 aliphatic heterocycles. The van der Waals surface area contributed by atoms with Gasteiger partial charge in [-0.3, -0.25) is 4.79 Å². The summed E-state index contributed by atoms with van der Waals surface area (Å²) >= 11 is 0. The van der Waals surface area contributed by atoms with Crippen molar-refractivity contribution in [2.24, 2.45) is 0 Å². The molecule has 41 heavy (non-hydrogen) atoms. The SMILES string of the molecule is CCCCC/C=C\CC1OC1CCCCCCCC(=O)N[C@@H](CO)[C@H](O)/C=C/CCCCCCCCCCCCC. The molecule has 1 aliphatic rings. The second-order valence-electron chi connectivity index (χ2n) is 12.3. The summed E-state index contributed by atoms with van der Waals surface area (Å²) in [7, 11) is 0. The molecule has 1 rings (SSSR count). The Morgan fingerprint density at radius 2 is 1.24 bits per heavy atom. The minimum atomic E-state index is -0.846. The Bertz CT molecular complexity index is 649. The molecule has 0 saturated carbocycles. The molecule has 4 atom stereocenters. The molecule has 3 N–H and O–H groups in total. The van der Waals surface area contributed by atoms with E-state index in [1.165, 1.54) is 103 Å². The zero-order valence-electron chi connectivity index (χ0n) is 27.0. The van der Waals surface area contributed by atoms with Gasteiger partial charge in [0.15, 0.2) is 0 Å². The highest BCUT2D eigenvalue weighted by Gasteiger charge is 2.36. The van der Waals surface area contributed by atoms with Gasteiger partial charge in [-0.15, -0.1) is 0 Å². The van der Waals surface area contributed by atoms with Crippen molar-refractivity contribution in [3.05, 3.63) is 24.3 Å². The number of rotatable bonds is 30. The molecular weight excluding hydrogens is 510 g/mol. The monoisotopic (exact) mass is 578 g/mol. The normalized spacial score (nSPS) is 18.3. The molecule has 0 aromatic heterocycles. The number of carbonyl (C=O) groups is 1. The number of carbonyl (C=O) groups excluding carboxylic acids is 1. The fourth-order valence-corrected chi connectivity index (χ4v) is 5.48. The van der Waals surface area contributed by atoms with Crippen molar-refractivity contribution in [2.45, 2.75) is 192 Å². The second kappa shape index (κ2) is 27.7. The van der Waals surface area contributed by atoms with Crippen LogP contribution in [0.4, 0.5) is 0 Å². The summed E-state index contributed by atoms with van der Waals surface area (Å²) in [5.74, 6) is -0.0844. The van der Waals surface area contributed by atoms with Gasteiger partial charge in [-0.1, -0.05) is 141 Å². The Morgan fingerprint density at radius 1 is 0.707 bits per heavy atom. The van der Waals surface area contributed by atoms with Crippen LogP contribution in [0.5, 0.6) is 0 Å². The number of aliphatic hydroxyl groups excluding tert-OH is 2. The fraction of sp³-hybridized carbons (Fsp3) is 0.861. The number of hydrogen-bond donors (Lipinski definition) is 3. The van der Waals surface area contributed by atoms with E-state index < -0.39 is 12.1 Å². The molecule has 1 amide bonds.